The molecule has 0 heterocycles. The first-order valence-corrected chi connectivity index (χ1v) is 11.7. The Morgan fingerprint density at radius 3 is 1.64 bits per heavy atom. The van der Waals surface area contributed by atoms with Crippen molar-refractivity contribution in [1.82, 2.24) is 0 Å². The first-order valence-electron chi connectivity index (χ1n) is 10.5. The minimum Gasteiger partial charge on any atom is -0.494 e. The Hall–Kier alpha value is -2.19. The second kappa shape index (κ2) is 11.6. The van der Waals surface area contributed by atoms with Crippen LogP contribution in [0.5, 0.6) is 5.75 Å². The summed E-state index contributed by atoms with van der Waals surface area (Å²) >= 11 is 0. The zero-order valence-corrected chi connectivity index (χ0v) is 17.7. The number of rotatable bonds is 11. The van der Waals surface area contributed by atoms with Crippen LogP contribution in [-0.4, -0.2) is 6.61 Å². The summed E-state index contributed by atoms with van der Waals surface area (Å²) in [6, 6.07) is 30.2. The summed E-state index contributed by atoms with van der Waals surface area (Å²) in [7, 11) is -0.0906. The molecule has 2 heteroatoms. The molecule has 0 aromatic heterocycles. The molecule has 0 amide bonds. The SMILES string of the molecule is CCCCCCCCOc1ccc([S+](c2ccccc2)c2ccccc2)cc1. The molecular formula is C26H31OS+. The van der Waals surface area contributed by atoms with Crippen LogP contribution in [0, 0.1) is 0 Å². The lowest BCUT2D eigenvalue weighted by molar-refractivity contribution is 0.304. The van der Waals surface area contributed by atoms with Gasteiger partial charge in [0.1, 0.15) is 5.75 Å². The van der Waals surface area contributed by atoms with Crippen molar-refractivity contribution >= 4 is 10.9 Å². The third kappa shape index (κ3) is 6.17. The fourth-order valence-electron chi connectivity index (χ4n) is 3.27. The fourth-order valence-corrected chi connectivity index (χ4v) is 5.35. The van der Waals surface area contributed by atoms with Crippen LogP contribution in [0.1, 0.15) is 45.4 Å². The number of hydrogen-bond donors (Lipinski definition) is 0. The highest BCUT2D eigenvalue weighted by Crippen LogP contribution is 2.31. The molecule has 146 valence electrons. The summed E-state index contributed by atoms with van der Waals surface area (Å²) in [5.74, 6) is 0.974. The van der Waals surface area contributed by atoms with E-state index in [-0.39, 0.29) is 10.9 Å². The van der Waals surface area contributed by atoms with Gasteiger partial charge in [-0.3, -0.25) is 0 Å². The van der Waals surface area contributed by atoms with Gasteiger partial charge in [0.15, 0.2) is 14.7 Å². The van der Waals surface area contributed by atoms with E-state index < -0.39 is 0 Å². The lowest BCUT2D eigenvalue weighted by atomic mass is 10.1. The molecule has 0 aliphatic heterocycles. The maximum absolute atomic E-state index is 5.96. The lowest BCUT2D eigenvalue weighted by Crippen LogP contribution is -2.04. The summed E-state index contributed by atoms with van der Waals surface area (Å²) in [5.41, 5.74) is 0. The van der Waals surface area contributed by atoms with Gasteiger partial charge in [-0.25, -0.2) is 0 Å². The molecule has 0 N–H and O–H groups in total. The number of hydrogen-bond acceptors (Lipinski definition) is 1. The molecule has 0 unspecified atom stereocenters. The average Bonchev–Trinajstić information content (AvgIpc) is 2.76. The maximum atomic E-state index is 5.96. The Morgan fingerprint density at radius 1 is 0.571 bits per heavy atom. The Labute approximate surface area is 173 Å². The summed E-state index contributed by atoms with van der Waals surface area (Å²) < 4.78 is 5.96. The van der Waals surface area contributed by atoms with Crippen molar-refractivity contribution in [3.05, 3.63) is 84.9 Å². The van der Waals surface area contributed by atoms with Gasteiger partial charge < -0.3 is 4.74 Å². The molecule has 0 bridgehead atoms. The van der Waals surface area contributed by atoms with E-state index in [1.807, 2.05) is 0 Å². The first-order chi connectivity index (χ1) is 13.9. The molecule has 0 atom stereocenters. The van der Waals surface area contributed by atoms with E-state index in [9.17, 15) is 0 Å². The molecule has 0 spiro atoms. The predicted octanol–water partition coefficient (Wildman–Crippen LogP) is 7.52. The van der Waals surface area contributed by atoms with E-state index in [2.05, 4.69) is 91.9 Å². The molecule has 28 heavy (non-hydrogen) atoms. The summed E-state index contributed by atoms with van der Waals surface area (Å²) in [6.45, 7) is 3.07. The minimum absolute atomic E-state index is 0.0906. The standard InChI is InChI=1S/C26H31OS/c1-2-3-4-5-6-13-22-27-23-18-20-26(21-19-23)28(24-14-9-7-10-15-24)25-16-11-8-12-17-25/h7-12,14-21H,2-6,13,22H2,1H3/q+1. The van der Waals surface area contributed by atoms with Crippen molar-refractivity contribution in [3.8, 4) is 5.75 Å². The van der Waals surface area contributed by atoms with E-state index in [1.165, 1.54) is 46.8 Å². The highest BCUT2D eigenvalue weighted by molar-refractivity contribution is 7.97. The molecule has 0 saturated carbocycles. The molecule has 0 saturated heterocycles. The van der Waals surface area contributed by atoms with Crippen LogP contribution in [0.3, 0.4) is 0 Å². The zero-order chi connectivity index (χ0) is 19.4. The second-order valence-corrected chi connectivity index (χ2v) is 9.05. The van der Waals surface area contributed by atoms with Crippen LogP contribution < -0.4 is 4.74 Å². The van der Waals surface area contributed by atoms with Gasteiger partial charge in [-0.2, -0.15) is 0 Å². The van der Waals surface area contributed by atoms with Crippen LogP contribution in [0.4, 0.5) is 0 Å². The van der Waals surface area contributed by atoms with Crippen molar-refractivity contribution < 1.29 is 4.74 Å². The molecule has 0 aliphatic carbocycles. The van der Waals surface area contributed by atoms with Crippen LogP contribution in [0.15, 0.2) is 99.6 Å². The van der Waals surface area contributed by atoms with E-state index >= 15 is 0 Å². The Balaban J connectivity index is 1.63. The van der Waals surface area contributed by atoms with Crippen LogP contribution in [0.2, 0.25) is 0 Å². The first kappa shape index (κ1) is 20.5. The highest BCUT2D eigenvalue weighted by atomic mass is 32.2. The Morgan fingerprint density at radius 2 is 1.07 bits per heavy atom. The van der Waals surface area contributed by atoms with E-state index in [4.69, 9.17) is 4.74 Å². The third-order valence-electron chi connectivity index (χ3n) is 4.78. The Kier molecular flexibility index (Phi) is 8.52. The molecule has 3 aromatic carbocycles. The van der Waals surface area contributed by atoms with Crippen LogP contribution in [-0.2, 0) is 10.9 Å². The quantitative estimate of drug-likeness (QED) is 0.242. The third-order valence-corrected chi connectivity index (χ3v) is 7.01. The molecule has 3 rings (SSSR count). The second-order valence-electron chi connectivity index (χ2n) is 7.02. The summed E-state index contributed by atoms with van der Waals surface area (Å²) in [4.78, 5) is 4.01. The average molecular weight is 392 g/mol. The topological polar surface area (TPSA) is 9.23 Å². The Bertz CT molecular complexity index is 744. The number of benzene rings is 3. The number of ether oxygens (including phenoxy) is 1. The van der Waals surface area contributed by atoms with Crippen molar-refractivity contribution in [3.63, 3.8) is 0 Å². The minimum atomic E-state index is -0.0906. The lowest BCUT2D eigenvalue weighted by Gasteiger charge is -2.09. The van der Waals surface area contributed by atoms with E-state index in [0.29, 0.717) is 0 Å². The maximum Gasteiger partial charge on any atom is 0.166 e. The van der Waals surface area contributed by atoms with Gasteiger partial charge >= 0.3 is 0 Å². The van der Waals surface area contributed by atoms with Gasteiger partial charge in [0.25, 0.3) is 0 Å². The normalized spacial score (nSPS) is 10.9. The predicted molar refractivity (Wildman–Crippen MR) is 120 cm³/mol. The molecule has 0 fully saturated rings. The molecular weight excluding hydrogens is 360 g/mol. The molecule has 0 radical (unpaired) electrons. The van der Waals surface area contributed by atoms with Gasteiger partial charge in [-0.1, -0.05) is 75.4 Å². The van der Waals surface area contributed by atoms with E-state index in [1.54, 1.807) is 0 Å². The van der Waals surface area contributed by atoms with Gasteiger partial charge in [-0.05, 0) is 55.0 Å². The van der Waals surface area contributed by atoms with Gasteiger partial charge in [0.05, 0.1) is 17.5 Å². The van der Waals surface area contributed by atoms with E-state index in [0.717, 1.165) is 18.8 Å². The monoisotopic (exact) mass is 391 g/mol. The van der Waals surface area contributed by atoms with Crippen molar-refractivity contribution in [2.45, 2.75) is 60.1 Å². The zero-order valence-electron chi connectivity index (χ0n) is 16.8. The van der Waals surface area contributed by atoms with Crippen molar-refractivity contribution in [2.24, 2.45) is 0 Å². The largest absolute Gasteiger partial charge is 0.494 e. The summed E-state index contributed by atoms with van der Waals surface area (Å²) in [6.07, 6.45) is 7.75. The fraction of sp³-hybridized carbons (Fsp3) is 0.308. The van der Waals surface area contributed by atoms with Gasteiger partial charge in [0, 0.05) is 0 Å². The smallest absolute Gasteiger partial charge is 0.166 e. The number of unbranched alkanes of at least 4 members (excludes halogenated alkanes) is 5. The molecule has 0 aliphatic rings. The van der Waals surface area contributed by atoms with Crippen molar-refractivity contribution in [1.29, 1.82) is 0 Å². The molecule has 3 aromatic rings. The van der Waals surface area contributed by atoms with Gasteiger partial charge in [-0.15, -0.1) is 0 Å². The van der Waals surface area contributed by atoms with Crippen molar-refractivity contribution in [2.75, 3.05) is 6.61 Å². The van der Waals surface area contributed by atoms with Gasteiger partial charge in [0.2, 0.25) is 0 Å². The van der Waals surface area contributed by atoms with Crippen LogP contribution in [0.25, 0.3) is 0 Å². The summed E-state index contributed by atoms with van der Waals surface area (Å²) in [5, 5.41) is 0. The molecule has 1 nitrogen and oxygen atoms in total. The van der Waals surface area contributed by atoms with Crippen LogP contribution >= 0.6 is 0 Å². The highest BCUT2D eigenvalue weighted by Gasteiger charge is 2.28.